The molecule has 0 saturated heterocycles. The van der Waals surface area contributed by atoms with Gasteiger partial charge in [-0.05, 0) is 25.4 Å². The number of nitrogens with zero attached hydrogens (tertiary/aromatic N) is 1. The number of carboxylic acid groups (broad SMARTS) is 1. The highest BCUT2D eigenvalue weighted by Gasteiger charge is 2.26. The summed E-state index contributed by atoms with van der Waals surface area (Å²) in [5.41, 5.74) is 0.787. The van der Waals surface area contributed by atoms with E-state index in [-0.39, 0.29) is 10.3 Å². The number of nitrogens with one attached hydrogen (secondary N) is 1. The summed E-state index contributed by atoms with van der Waals surface area (Å²) in [7, 11) is -3.81. The minimum atomic E-state index is -3.81. The number of carbonyl (C=O) groups is 1. The number of sulfonamides is 1. The van der Waals surface area contributed by atoms with Gasteiger partial charge in [0.15, 0.2) is 9.90 Å². The lowest BCUT2D eigenvalue weighted by molar-refractivity contribution is 0.0687. The lowest BCUT2D eigenvalue weighted by atomic mass is 10.3. The van der Waals surface area contributed by atoms with Gasteiger partial charge in [-0.1, -0.05) is 0 Å². The smallest absolute Gasteiger partial charge is 0.356 e. The zero-order valence-electron chi connectivity index (χ0n) is 9.91. The highest BCUT2D eigenvalue weighted by Crippen LogP contribution is 2.20. The fraction of sp³-hybridized carbons (Fsp3) is 0.556. The van der Waals surface area contributed by atoms with E-state index in [9.17, 15) is 13.2 Å². The van der Waals surface area contributed by atoms with Crippen molar-refractivity contribution in [3.8, 4) is 0 Å². The molecule has 102 valence electrons. The van der Waals surface area contributed by atoms with Gasteiger partial charge in [0.2, 0.25) is 0 Å². The van der Waals surface area contributed by atoms with E-state index in [2.05, 4.69) is 9.71 Å². The van der Waals surface area contributed by atoms with E-state index < -0.39 is 21.7 Å². The van der Waals surface area contributed by atoms with Crippen LogP contribution in [0.3, 0.4) is 0 Å². The summed E-state index contributed by atoms with van der Waals surface area (Å²) in [6.07, 6.45) is 2.62. The van der Waals surface area contributed by atoms with Crippen molar-refractivity contribution in [3.63, 3.8) is 0 Å². The van der Waals surface area contributed by atoms with Crippen molar-refractivity contribution in [2.75, 3.05) is 12.0 Å². The normalized spacial score (nSPS) is 13.4. The second-order valence-electron chi connectivity index (χ2n) is 3.60. The van der Waals surface area contributed by atoms with Gasteiger partial charge < -0.3 is 5.11 Å². The molecule has 0 radical (unpaired) electrons. The lowest BCUT2D eigenvalue weighted by Gasteiger charge is -2.12. The Morgan fingerprint density at radius 3 is 2.89 bits per heavy atom. The standard InChI is InChI=1S/C9H14N2O4S3/c1-6(3-4-16-2)11-18(14,15)9-7(8(12)13)10-5-17-9/h5-6,11H,3-4H2,1-2H3,(H,12,13). The fourth-order valence-electron chi connectivity index (χ4n) is 1.24. The van der Waals surface area contributed by atoms with Crippen LogP contribution < -0.4 is 4.72 Å². The topological polar surface area (TPSA) is 96.4 Å². The molecule has 0 fully saturated rings. The Morgan fingerprint density at radius 1 is 1.67 bits per heavy atom. The summed E-state index contributed by atoms with van der Waals surface area (Å²) in [4.78, 5) is 14.4. The van der Waals surface area contributed by atoms with Gasteiger partial charge in [-0.25, -0.2) is 22.9 Å². The van der Waals surface area contributed by atoms with Gasteiger partial charge in [0, 0.05) is 6.04 Å². The molecular formula is C9H14N2O4S3. The van der Waals surface area contributed by atoms with Gasteiger partial charge in [-0.15, -0.1) is 11.3 Å². The predicted octanol–water partition coefficient (Wildman–Crippen LogP) is 1.26. The van der Waals surface area contributed by atoms with Crippen LogP contribution in [0.5, 0.6) is 0 Å². The maximum atomic E-state index is 12.0. The second-order valence-corrected chi connectivity index (χ2v) is 7.35. The van der Waals surface area contributed by atoms with Crippen LogP contribution in [-0.4, -0.2) is 42.5 Å². The minimum absolute atomic E-state index is 0.244. The van der Waals surface area contributed by atoms with Gasteiger partial charge in [-0.3, -0.25) is 0 Å². The molecular weight excluding hydrogens is 296 g/mol. The van der Waals surface area contributed by atoms with E-state index in [1.165, 1.54) is 5.51 Å². The summed E-state index contributed by atoms with van der Waals surface area (Å²) >= 11 is 2.43. The molecule has 0 bridgehead atoms. The van der Waals surface area contributed by atoms with E-state index in [0.29, 0.717) is 6.42 Å². The van der Waals surface area contributed by atoms with Gasteiger partial charge >= 0.3 is 5.97 Å². The van der Waals surface area contributed by atoms with Crippen LogP contribution in [0.4, 0.5) is 0 Å². The van der Waals surface area contributed by atoms with Crippen molar-refractivity contribution in [1.29, 1.82) is 0 Å². The number of rotatable bonds is 7. The fourth-order valence-corrected chi connectivity index (χ4v) is 4.26. The van der Waals surface area contributed by atoms with Crippen LogP contribution in [0.2, 0.25) is 0 Å². The minimum Gasteiger partial charge on any atom is -0.476 e. The van der Waals surface area contributed by atoms with Crippen LogP contribution >= 0.6 is 23.1 Å². The van der Waals surface area contributed by atoms with Gasteiger partial charge in [0.25, 0.3) is 10.0 Å². The first-order chi connectivity index (χ1) is 8.38. The summed E-state index contributed by atoms with van der Waals surface area (Å²) in [5, 5.41) is 8.84. The van der Waals surface area contributed by atoms with Crippen molar-refractivity contribution >= 4 is 39.1 Å². The molecule has 1 unspecified atom stereocenters. The number of aromatic nitrogens is 1. The third-order valence-corrected chi connectivity index (χ3v) is 5.70. The quantitative estimate of drug-likeness (QED) is 0.787. The molecule has 18 heavy (non-hydrogen) atoms. The first-order valence-electron chi connectivity index (χ1n) is 5.06. The molecule has 1 rings (SSSR count). The van der Waals surface area contributed by atoms with Crippen molar-refractivity contribution < 1.29 is 18.3 Å². The third kappa shape index (κ3) is 3.94. The molecule has 1 heterocycles. The average molecular weight is 310 g/mol. The van der Waals surface area contributed by atoms with E-state index >= 15 is 0 Å². The molecule has 6 nitrogen and oxygen atoms in total. The number of aromatic carboxylic acids is 1. The molecule has 0 aliphatic rings. The Kier molecular flexibility index (Phi) is 5.57. The number of thioether (sulfide) groups is 1. The number of thiazole rings is 1. The maximum Gasteiger partial charge on any atom is 0.356 e. The van der Waals surface area contributed by atoms with Crippen LogP contribution in [0, 0.1) is 0 Å². The number of carboxylic acids is 1. The summed E-state index contributed by atoms with van der Waals surface area (Å²) in [6, 6.07) is -0.244. The number of hydrogen-bond donors (Lipinski definition) is 2. The van der Waals surface area contributed by atoms with E-state index in [4.69, 9.17) is 5.11 Å². The summed E-state index contributed by atoms with van der Waals surface area (Å²) in [5.74, 6) is -0.508. The lowest BCUT2D eigenvalue weighted by Crippen LogP contribution is -2.33. The molecule has 0 aliphatic carbocycles. The molecule has 0 aromatic carbocycles. The van der Waals surface area contributed by atoms with Crippen molar-refractivity contribution in [2.45, 2.75) is 23.6 Å². The molecule has 0 saturated carbocycles. The Bertz CT molecular complexity index is 512. The molecule has 9 heteroatoms. The van der Waals surface area contributed by atoms with Crippen molar-refractivity contribution in [1.82, 2.24) is 9.71 Å². The first-order valence-corrected chi connectivity index (χ1v) is 8.82. The van der Waals surface area contributed by atoms with Crippen LogP contribution in [0.15, 0.2) is 9.72 Å². The van der Waals surface area contributed by atoms with Crippen molar-refractivity contribution in [2.24, 2.45) is 0 Å². The SMILES string of the molecule is CSCCC(C)NS(=O)(=O)c1scnc1C(=O)O. The molecule has 1 aromatic heterocycles. The average Bonchev–Trinajstić information content (AvgIpc) is 2.75. The molecule has 2 N–H and O–H groups in total. The summed E-state index contributed by atoms with van der Waals surface area (Å²) < 4.78 is 26.2. The summed E-state index contributed by atoms with van der Waals surface area (Å²) in [6.45, 7) is 1.75. The molecule has 1 atom stereocenters. The second kappa shape index (κ2) is 6.50. The predicted molar refractivity (Wildman–Crippen MR) is 71.9 cm³/mol. The van der Waals surface area contributed by atoms with Gasteiger partial charge in [0.05, 0.1) is 5.51 Å². The van der Waals surface area contributed by atoms with Gasteiger partial charge in [0.1, 0.15) is 0 Å². The zero-order valence-corrected chi connectivity index (χ0v) is 12.4. The van der Waals surface area contributed by atoms with Gasteiger partial charge in [-0.2, -0.15) is 11.8 Å². The van der Waals surface area contributed by atoms with Crippen molar-refractivity contribution in [3.05, 3.63) is 11.2 Å². The van der Waals surface area contributed by atoms with E-state index in [0.717, 1.165) is 17.1 Å². The zero-order chi connectivity index (χ0) is 13.8. The van der Waals surface area contributed by atoms with Crippen LogP contribution in [0.25, 0.3) is 0 Å². The third-order valence-electron chi connectivity index (χ3n) is 2.09. The Morgan fingerprint density at radius 2 is 2.33 bits per heavy atom. The molecule has 1 aromatic rings. The molecule has 0 spiro atoms. The first kappa shape index (κ1) is 15.4. The highest BCUT2D eigenvalue weighted by atomic mass is 32.2. The Balaban J connectivity index is 2.86. The van der Waals surface area contributed by atoms with Crippen LogP contribution in [0.1, 0.15) is 23.8 Å². The molecule has 0 aliphatic heterocycles. The van der Waals surface area contributed by atoms with E-state index in [1.807, 2.05) is 6.26 Å². The largest absolute Gasteiger partial charge is 0.476 e. The molecule has 0 amide bonds. The highest BCUT2D eigenvalue weighted by molar-refractivity contribution is 7.98. The Labute approximate surface area is 114 Å². The number of hydrogen-bond acceptors (Lipinski definition) is 6. The monoisotopic (exact) mass is 310 g/mol. The van der Waals surface area contributed by atoms with E-state index in [1.54, 1.807) is 18.7 Å². The van der Waals surface area contributed by atoms with Crippen LogP contribution in [-0.2, 0) is 10.0 Å². The maximum absolute atomic E-state index is 12.0. The Hall–Kier alpha value is -0.640.